The third-order valence-corrected chi connectivity index (χ3v) is 4.68. The van der Waals surface area contributed by atoms with Crippen molar-refractivity contribution in [3.8, 4) is 0 Å². The Bertz CT molecular complexity index is 516. The van der Waals surface area contributed by atoms with Gasteiger partial charge in [-0.2, -0.15) is 11.8 Å². The second-order valence-electron chi connectivity index (χ2n) is 4.41. The highest BCUT2D eigenvalue weighted by Crippen LogP contribution is 2.29. The second-order valence-corrected chi connectivity index (χ2v) is 6.83. The molecule has 0 aliphatic heterocycles. The maximum absolute atomic E-state index is 3.63. The highest BCUT2D eigenvalue weighted by molar-refractivity contribution is 9.10. The van der Waals surface area contributed by atoms with E-state index >= 15 is 0 Å². The van der Waals surface area contributed by atoms with Gasteiger partial charge in [-0.25, -0.2) is 0 Å². The zero-order valence-electron chi connectivity index (χ0n) is 10.5. The van der Waals surface area contributed by atoms with E-state index in [1.54, 1.807) is 0 Å². The van der Waals surface area contributed by atoms with Gasteiger partial charge >= 0.3 is 0 Å². The Kier molecular flexibility index (Phi) is 4.21. The van der Waals surface area contributed by atoms with Crippen LogP contribution in [0.25, 0.3) is 10.9 Å². The summed E-state index contributed by atoms with van der Waals surface area (Å²) in [6, 6.07) is 8.74. The Labute approximate surface area is 116 Å². The summed E-state index contributed by atoms with van der Waals surface area (Å²) in [5.74, 6) is 1.09. The van der Waals surface area contributed by atoms with Gasteiger partial charge in [0, 0.05) is 33.4 Å². The molecular weight excluding hydrogens is 294 g/mol. The van der Waals surface area contributed by atoms with Crippen LogP contribution in [0.2, 0.25) is 0 Å². The lowest BCUT2D eigenvalue weighted by Crippen LogP contribution is -2.00. The van der Waals surface area contributed by atoms with E-state index in [0.29, 0.717) is 5.25 Å². The largest absolute Gasteiger partial charge is 0.344 e. The lowest BCUT2D eigenvalue weighted by molar-refractivity contribution is 0.765. The van der Waals surface area contributed by atoms with Crippen molar-refractivity contribution in [3.05, 3.63) is 34.4 Å². The second kappa shape index (κ2) is 5.49. The molecule has 1 heterocycles. The van der Waals surface area contributed by atoms with Crippen molar-refractivity contribution in [3.63, 3.8) is 0 Å². The smallest absolute Gasteiger partial charge is 0.0494 e. The summed E-state index contributed by atoms with van der Waals surface area (Å²) in [5.41, 5.74) is 2.76. The van der Waals surface area contributed by atoms with Crippen LogP contribution in [0.1, 0.15) is 26.5 Å². The van der Waals surface area contributed by atoms with Gasteiger partial charge in [0.2, 0.25) is 0 Å². The fraction of sp³-hybridized carbons (Fsp3) is 0.429. The van der Waals surface area contributed by atoms with Crippen LogP contribution < -0.4 is 0 Å². The van der Waals surface area contributed by atoms with E-state index in [1.807, 2.05) is 11.8 Å². The number of rotatable bonds is 4. The number of halogens is 1. The molecule has 3 heteroatoms. The maximum Gasteiger partial charge on any atom is 0.0494 e. The molecular formula is C14H18BrNS. The van der Waals surface area contributed by atoms with Crippen LogP contribution in [0.3, 0.4) is 0 Å². The van der Waals surface area contributed by atoms with Crippen LogP contribution in [0.4, 0.5) is 0 Å². The number of fused-ring (bicyclic) bond motifs is 1. The van der Waals surface area contributed by atoms with Crippen molar-refractivity contribution in [2.75, 3.05) is 0 Å². The molecule has 0 bridgehead atoms. The minimum absolute atomic E-state index is 0.682. The molecule has 2 rings (SSSR count). The average Bonchev–Trinajstić information content (AvgIpc) is 2.65. The quantitative estimate of drug-likeness (QED) is 0.763. The first-order valence-corrected chi connectivity index (χ1v) is 7.86. The first-order valence-electron chi connectivity index (χ1n) is 6.01. The van der Waals surface area contributed by atoms with Gasteiger partial charge in [-0.05, 0) is 30.4 Å². The summed E-state index contributed by atoms with van der Waals surface area (Å²) in [6.45, 7) is 7.75. The molecule has 1 aromatic heterocycles. The fourth-order valence-electron chi connectivity index (χ4n) is 2.05. The van der Waals surface area contributed by atoms with Crippen LogP contribution in [0, 0.1) is 0 Å². The monoisotopic (exact) mass is 311 g/mol. The Balaban J connectivity index is 2.44. The Morgan fingerprint density at radius 3 is 2.76 bits per heavy atom. The number of hydrogen-bond acceptors (Lipinski definition) is 1. The van der Waals surface area contributed by atoms with Gasteiger partial charge in [0.25, 0.3) is 0 Å². The molecule has 0 radical (unpaired) electrons. The zero-order valence-corrected chi connectivity index (χ0v) is 12.9. The summed E-state index contributed by atoms with van der Waals surface area (Å²) in [7, 11) is 0. The van der Waals surface area contributed by atoms with Gasteiger partial charge in [0.15, 0.2) is 0 Å². The standard InChI is InChI=1S/C14H18BrNS/c1-4-16-11(9-17-10(2)3)8-12-13(15)6-5-7-14(12)16/h5-8,10H,4,9H2,1-3H3. The lowest BCUT2D eigenvalue weighted by atomic mass is 10.2. The number of hydrogen-bond donors (Lipinski definition) is 0. The summed E-state index contributed by atoms with van der Waals surface area (Å²) in [4.78, 5) is 0. The Morgan fingerprint density at radius 2 is 2.12 bits per heavy atom. The molecule has 0 amide bonds. The predicted molar refractivity (Wildman–Crippen MR) is 81.7 cm³/mol. The molecule has 0 N–H and O–H groups in total. The fourth-order valence-corrected chi connectivity index (χ4v) is 3.26. The third kappa shape index (κ3) is 2.71. The van der Waals surface area contributed by atoms with E-state index in [9.17, 15) is 0 Å². The minimum Gasteiger partial charge on any atom is -0.344 e. The molecule has 0 atom stereocenters. The minimum atomic E-state index is 0.682. The van der Waals surface area contributed by atoms with E-state index in [2.05, 4.69) is 65.5 Å². The van der Waals surface area contributed by atoms with Crippen molar-refractivity contribution in [2.45, 2.75) is 38.3 Å². The molecule has 0 saturated carbocycles. The Morgan fingerprint density at radius 1 is 1.35 bits per heavy atom. The van der Waals surface area contributed by atoms with Crippen LogP contribution in [0.15, 0.2) is 28.7 Å². The zero-order chi connectivity index (χ0) is 12.4. The van der Waals surface area contributed by atoms with Crippen molar-refractivity contribution in [1.82, 2.24) is 4.57 Å². The number of aromatic nitrogens is 1. The van der Waals surface area contributed by atoms with E-state index in [4.69, 9.17) is 0 Å². The molecule has 0 aliphatic carbocycles. The summed E-state index contributed by atoms with van der Waals surface area (Å²) in [6.07, 6.45) is 0. The van der Waals surface area contributed by atoms with Gasteiger partial charge in [-0.15, -0.1) is 0 Å². The highest BCUT2D eigenvalue weighted by Gasteiger charge is 2.10. The molecule has 0 aliphatic rings. The summed E-state index contributed by atoms with van der Waals surface area (Å²) in [5, 5.41) is 2.01. The summed E-state index contributed by atoms with van der Waals surface area (Å²) < 4.78 is 3.60. The number of aryl methyl sites for hydroxylation is 1. The van der Waals surface area contributed by atoms with Gasteiger partial charge in [0.05, 0.1) is 0 Å². The van der Waals surface area contributed by atoms with E-state index in [1.165, 1.54) is 21.1 Å². The molecule has 0 unspecified atom stereocenters. The normalized spacial score (nSPS) is 11.6. The maximum atomic E-state index is 3.63. The lowest BCUT2D eigenvalue weighted by Gasteiger charge is -2.09. The highest BCUT2D eigenvalue weighted by atomic mass is 79.9. The van der Waals surface area contributed by atoms with Gasteiger partial charge in [0.1, 0.15) is 0 Å². The average molecular weight is 312 g/mol. The van der Waals surface area contributed by atoms with Crippen molar-refractivity contribution in [2.24, 2.45) is 0 Å². The van der Waals surface area contributed by atoms with Gasteiger partial charge < -0.3 is 4.57 Å². The molecule has 1 nitrogen and oxygen atoms in total. The van der Waals surface area contributed by atoms with E-state index in [-0.39, 0.29) is 0 Å². The van der Waals surface area contributed by atoms with Crippen molar-refractivity contribution < 1.29 is 0 Å². The molecule has 0 fully saturated rings. The molecule has 0 spiro atoms. The molecule has 0 saturated heterocycles. The van der Waals surface area contributed by atoms with E-state index in [0.717, 1.165) is 12.3 Å². The predicted octanol–water partition coefficient (Wildman–Crippen LogP) is 5.07. The van der Waals surface area contributed by atoms with E-state index < -0.39 is 0 Å². The number of nitrogens with zero attached hydrogens (tertiary/aromatic N) is 1. The van der Waals surface area contributed by atoms with Crippen LogP contribution in [-0.4, -0.2) is 9.82 Å². The first kappa shape index (κ1) is 13.0. The van der Waals surface area contributed by atoms with Crippen LogP contribution in [-0.2, 0) is 12.3 Å². The van der Waals surface area contributed by atoms with Crippen molar-refractivity contribution >= 4 is 38.6 Å². The van der Waals surface area contributed by atoms with Gasteiger partial charge in [-0.1, -0.05) is 35.8 Å². The topological polar surface area (TPSA) is 4.93 Å². The molecule has 2 aromatic rings. The van der Waals surface area contributed by atoms with Crippen molar-refractivity contribution in [1.29, 1.82) is 0 Å². The van der Waals surface area contributed by atoms with Crippen LogP contribution >= 0.6 is 27.7 Å². The molecule has 92 valence electrons. The Hall–Kier alpha value is -0.410. The third-order valence-electron chi connectivity index (χ3n) is 2.86. The molecule has 17 heavy (non-hydrogen) atoms. The number of thioether (sulfide) groups is 1. The first-order chi connectivity index (χ1) is 8.13. The summed E-state index contributed by atoms with van der Waals surface area (Å²) >= 11 is 5.63. The van der Waals surface area contributed by atoms with Gasteiger partial charge in [-0.3, -0.25) is 0 Å². The van der Waals surface area contributed by atoms with Crippen LogP contribution in [0.5, 0.6) is 0 Å². The number of benzene rings is 1. The SMILES string of the molecule is CCn1c(CSC(C)C)cc2c(Br)cccc21. The molecule has 1 aromatic carbocycles.